The summed E-state index contributed by atoms with van der Waals surface area (Å²) in [5.41, 5.74) is 0.905. The third-order valence-electron chi connectivity index (χ3n) is 2.91. The quantitative estimate of drug-likeness (QED) is 0.772. The second kappa shape index (κ2) is 7.19. The third-order valence-corrected chi connectivity index (χ3v) is 3.45. The van der Waals surface area contributed by atoms with E-state index in [2.05, 4.69) is 6.07 Å². The van der Waals surface area contributed by atoms with Gasteiger partial charge in [-0.25, -0.2) is 0 Å². The van der Waals surface area contributed by atoms with E-state index in [9.17, 15) is 5.26 Å². The van der Waals surface area contributed by atoms with Crippen LogP contribution in [0.1, 0.15) is 17.9 Å². The molecule has 2 aromatic rings. The molecule has 0 bridgehead atoms. The fraction of sp³-hybridized carbons (Fsp3) is 0.188. The first-order valence-corrected chi connectivity index (χ1v) is 6.98. The van der Waals surface area contributed by atoms with Gasteiger partial charge in [-0.05, 0) is 29.8 Å². The van der Waals surface area contributed by atoms with Crippen molar-refractivity contribution in [3.8, 4) is 11.8 Å². The molecule has 0 aromatic heterocycles. The summed E-state index contributed by atoms with van der Waals surface area (Å²) in [6.45, 7) is 0.425. The minimum Gasteiger partial charge on any atom is -0.492 e. The highest BCUT2D eigenvalue weighted by Crippen LogP contribution is 2.25. The van der Waals surface area contributed by atoms with Crippen molar-refractivity contribution in [2.24, 2.45) is 0 Å². The highest BCUT2D eigenvalue weighted by molar-refractivity contribution is 6.32. The van der Waals surface area contributed by atoms with Crippen LogP contribution in [0.4, 0.5) is 0 Å². The van der Waals surface area contributed by atoms with Crippen molar-refractivity contribution in [3.63, 3.8) is 0 Å². The van der Waals surface area contributed by atoms with E-state index in [0.717, 1.165) is 5.56 Å². The van der Waals surface area contributed by atoms with Crippen LogP contribution in [0.25, 0.3) is 0 Å². The zero-order chi connectivity index (χ0) is 14.4. The molecule has 0 heterocycles. The van der Waals surface area contributed by atoms with Gasteiger partial charge in [0.25, 0.3) is 0 Å². The van der Waals surface area contributed by atoms with Gasteiger partial charge in [0.15, 0.2) is 0 Å². The Morgan fingerprint density at radius 1 is 1.10 bits per heavy atom. The van der Waals surface area contributed by atoms with Crippen LogP contribution in [0, 0.1) is 11.3 Å². The lowest BCUT2D eigenvalue weighted by molar-refractivity contribution is 0.306. The van der Waals surface area contributed by atoms with E-state index >= 15 is 0 Å². The number of hydrogen-bond acceptors (Lipinski definition) is 2. The number of nitrogens with zero attached hydrogens (tertiary/aromatic N) is 1. The van der Waals surface area contributed by atoms with E-state index in [1.165, 1.54) is 0 Å². The molecule has 0 saturated carbocycles. The van der Waals surface area contributed by atoms with Gasteiger partial charge in [0.1, 0.15) is 5.75 Å². The molecule has 0 spiro atoms. The van der Waals surface area contributed by atoms with Gasteiger partial charge >= 0.3 is 0 Å². The van der Waals surface area contributed by atoms with Crippen molar-refractivity contribution in [1.29, 1.82) is 5.26 Å². The van der Waals surface area contributed by atoms with Crippen molar-refractivity contribution < 1.29 is 4.74 Å². The van der Waals surface area contributed by atoms with E-state index in [-0.39, 0.29) is 5.92 Å². The van der Waals surface area contributed by atoms with Crippen molar-refractivity contribution in [3.05, 3.63) is 64.1 Å². The summed E-state index contributed by atoms with van der Waals surface area (Å²) in [5, 5.41) is 10.5. The number of hydrogen-bond donors (Lipinski definition) is 0. The summed E-state index contributed by atoms with van der Waals surface area (Å²) >= 11 is 11.9. The Bertz CT molecular complexity index is 622. The number of halogens is 2. The van der Waals surface area contributed by atoms with Crippen LogP contribution in [-0.2, 0) is 0 Å². The van der Waals surface area contributed by atoms with Gasteiger partial charge < -0.3 is 4.74 Å². The number of rotatable bonds is 5. The Morgan fingerprint density at radius 2 is 1.90 bits per heavy atom. The molecular weight excluding hydrogens is 293 g/mol. The first-order chi connectivity index (χ1) is 9.70. The summed E-state index contributed by atoms with van der Waals surface area (Å²) in [7, 11) is 0. The van der Waals surface area contributed by atoms with E-state index in [1.54, 1.807) is 12.1 Å². The normalized spacial score (nSPS) is 11.7. The zero-order valence-corrected chi connectivity index (χ0v) is 12.2. The topological polar surface area (TPSA) is 33.0 Å². The standard InChI is InChI=1S/C16H13Cl2NO/c17-14-5-3-4-12(10-14)13(11-19)8-9-20-16-7-2-1-6-15(16)18/h1-7,10,13H,8-9H2. The van der Waals surface area contributed by atoms with Crippen LogP contribution in [0.15, 0.2) is 48.5 Å². The Labute approximate surface area is 128 Å². The highest BCUT2D eigenvalue weighted by Gasteiger charge is 2.11. The number of ether oxygens (including phenoxy) is 1. The molecule has 0 saturated heterocycles. The molecule has 20 heavy (non-hydrogen) atoms. The average Bonchev–Trinajstić information content (AvgIpc) is 2.45. The molecule has 0 aliphatic carbocycles. The predicted octanol–water partition coefficient (Wildman–Crippen LogP) is 5.07. The van der Waals surface area contributed by atoms with Crippen molar-refractivity contribution in [2.75, 3.05) is 6.61 Å². The van der Waals surface area contributed by atoms with Crippen molar-refractivity contribution >= 4 is 23.2 Å². The molecule has 0 aliphatic heterocycles. The van der Waals surface area contributed by atoms with Gasteiger partial charge in [0, 0.05) is 11.4 Å². The minimum atomic E-state index is -0.240. The van der Waals surface area contributed by atoms with Crippen LogP contribution in [0.5, 0.6) is 5.75 Å². The first-order valence-electron chi connectivity index (χ1n) is 6.23. The predicted molar refractivity (Wildman–Crippen MR) is 81.4 cm³/mol. The summed E-state index contributed by atoms with van der Waals surface area (Å²) in [4.78, 5) is 0. The molecule has 0 N–H and O–H groups in total. The highest BCUT2D eigenvalue weighted by atomic mass is 35.5. The lowest BCUT2D eigenvalue weighted by Gasteiger charge is -2.12. The second-order valence-electron chi connectivity index (χ2n) is 4.30. The zero-order valence-electron chi connectivity index (χ0n) is 10.7. The van der Waals surface area contributed by atoms with Gasteiger partial charge in [-0.1, -0.05) is 47.5 Å². The van der Waals surface area contributed by atoms with Crippen molar-refractivity contribution in [2.45, 2.75) is 12.3 Å². The molecule has 4 heteroatoms. The van der Waals surface area contributed by atoms with E-state index in [0.29, 0.717) is 28.8 Å². The van der Waals surface area contributed by atoms with E-state index in [4.69, 9.17) is 27.9 Å². The lowest BCUT2D eigenvalue weighted by Crippen LogP contribution is -2.04. The molecule has 2 nitrogen and oxygen atoms in total. The maximum absolute atomic E-state index is 9.25. The lowest BCUT2D eigenvalue weighted by atomic mass is 9.98. The van der Waals surface area contributed by atoms with Crippen LogP contribution in [-0.4, -0.2) is 6.61 Å². The van der Waals surface area contributed by atoms with Gasteiger partial charge in [-0.3, -0.25) is 0 Å². The molecule has 0 aliphatic rings. The molecule has 1 atom stereocenters. The molecule has 0 fully saturated rings. The summed E-state index contributed by atoms with van der Waals surface area (Å²) in [6.07, 6.45) is 0.585. The fourth-order valence-electron chi connectivity index (χ4n) is 1.88. The minimum absolute atomic E-state index is 0.240. The monoisotopic (exact) mass is 305 g/mol. The van der Waals surface area contributed by atoms with E-state index in [1.807, 2.05) is 36.4 Å². The number of benzene rings is 2. The Morgan fingerprint density at radius 3 is 2.60 bits per heavy atom. The van der Waals surface area contributed by atoms with Crippen LogP contribution in [0.3, 0.4) is 0 Å². The SMILES string of the molecule is N#CC(CCOc1ccccc1Cl)c1cccc(Cl)c1. The van der Waals surface area contributed by atoms with Gasteiger partial charge in [-0.15, -0.1) is 0 Å². The largest absolute Gasteiger partial charge is 0.492 e. The Kier molecular flexibility index (Phi) is 5.29. The summed E-state index contributed by atoms with van der Waals surface area (Å²) in [5.74, 6) is 0.396. The first kappa shape index (κ1) is 14.7. The summed E-state index contributed by atoms with van der Waals surface area (Å²) in [6, 6.07) is 16.9. The maximum Gasteiger partial charge on any atom is 0.137 e. The van der Waals surface area contributed by atoms with Gasteiger partial charge in [0.05, 0.1) is 23.6 Å². The molecule has 2 aromatic carbocycles. The Hall–Kier alpha value is -1.69. The van der Waals surface area contributed by atoms with Crippen LogP contribution < -0.4 is 4.74 Å². The molecule has 102 valence electrons. The molecular formula is C16H13Cl2NO. The molecule has 0 amide bonds. The third kappa shape index (κ3) is 3.90. The van der Waals surface area contributed by atoms with Gasteiger partial charge in [-0.2, -0.15) is 5.26 Å². The molecule has 1 unspecified atom stereocenters. The maximum atomic E-state index is 9.25. The van der Waals surface area contributed by atoms with Crippen LogP contribution in [0.2, 0.25) is 10.0 Å². The summed E-state index contributed by atoms with van der Waals surface area (Å²) < 4.78 is 5.60. The molecule has 2 rings (SSSR count). The second-order valence-corrected chi connectivity index (χ2v) is 5.15. The molecule has 0 radical (unpaired) electrons. The van der Waals surface area contributed by atoms with Gasteiger partial charge in [0.2, 0.25) is 0 Å². The van der Waals surface area contributed by atoms with E-state index < -0.39 is 0 Å². The number of para-hydroxylation sites is 1. The Balaban J connectivity index is 1.96. The number of nitriles is 1. The van der Waals surface area contributed by atoms with Crippen molar-refractivity contribution in [1.82, 2.24) is 0 Å². The fourth-order valence-corrected chi connectivity index (χ4v) is 2.27. The smallest absolute Gasteiger partial charge is 0.137 e. The van der Waals surface area contributed by atoms with Crippen LogP contribution >= 0.6 is 23.2 Å². The average molecular weight is 306 g/mol.